The Morgan fingerprint density at radius 1 is 0.880 bits per heavy atom. The van der Waals surface area contributed by atoms with Gasteiger partial charge < -0.3 is 9.72 Å². The highest BCUT2D eigenvalue weighted by molar-refractivity contribution is 9.10. The summed E-state index contributed by atoms with van der Waals surface area (Å²) in [6.07, 6.45) is 0. The van der Waals surface area contributed by atoms with E-state index in [1.807, 2.05) is 30.3 Å². The first-order valence-electron chi connectivity index (χ1n) is 8.00. The highest BCUT2D eigenvalue weighted by atomic mass is 79.9. The number of H-pyrrole nitrogens is 1. The summed E-state index contributed by atoms with van der Waals surface area (Å²) in [4.78, 5) is 5.77. The van der Waals surface area contributed by atoms with Crippen LogP contribution in [0.15, 0.2) is 93.3 Å². The molecule has 0 saturated heterocycles. The van der Waals surface area contributed by atoms with E-state index in [1.165, 1.54) is 9.79 Å². The maximum absolute atomic E-state index is 5.98. The van der Waals surface area contributed by atoms with Gasteiger partial charge in [-0.2, -0.15) is 0 Å². The first-order valence-corrected chi connectivity index (χ1v) is 9.61. The van der Waals surface area contributed by atoms with E-state index in [4.69, 9.17) is 4.74 Å². The summed E-state index contributed by atoms with van der Waals surface area (Å²) in [6.45, 7) is 0.569. The van der Waals surface area contributed by atoms with Crippen LogP contribution in [-0.4, -0.2) is 4.98 Å². The van der Waals surface area contributed by atoms with E-state index in [1.54, 1.807) is 11.8 Å². The Labute approximate surface area is 159 Å². The maximum Gasteiger partial charge on any atom is 0.120 e. The van der Waals surface area contributed by atoms with Crippen molar-refractivity contribution >= 4 is 38.6 Å². The Balaban J connectivity index is 1.61. The third-order valence-corrected chi connectivity index (χ3v) is 5.88. The van der Waals surface area contributed by atoms with Crippen LogP contribution < -0.4 is 4.74 Å². The number of hydrogen-bond acceptors (Lipinski definition) is 2. The van der Waals surface area contributed by atoms with Crippen molar-refractivity contribution in [2.45, 2.75) is 16.4 Å². The first-order chi connectivity index (χ1) is 12.3. The van der Waals surface area contributed by atoms with E-state index in [0.717, 1.165) is 26.8 Å². The number of benzene rings is 3. The van der Waals surface area contributed by atoms with Crippen LogP contribution in [0.5, 0.6) is 5.75 Å². The van der Waals surface area contributed by atoms with E-state index in [9.17, 15) is 0 Å². The van der Waals surface area contributed by atoms with Gasteiger partial charge in [0.2, 0.25) is 0 Å². The molecule has 0 aliphatic heterocycles. The average molecular weight is 410 g/mol. The van der Waals surface area contributed by atoms with Gasteiger partial charge in [-0.15, -0.1) is 0 Å². The number of nitrogens with one attached hydrogen (secondary N) is 1. The molecule has 25 heavy (non-hydrogen) atoms. The van der Waals surface area contributed by atoms with E-state index in [-0.39, 0.29) is 0 Å². The van der Waals surface area contributed by atoms with Gasteiger partial charge in [-0.3, -0.25) is 0 Å². The predicted molar refractivity (Wildman–Crippen MR) is 107 cm³/mol. The molecule has 3 aromatic carbocycles. The number of fused-ring (bicyclic) bond motifs is 1. The molecule has 4 rings (SSSR count). The molecular formula is C21H16BrNOS. The van der Waals surface area contributed by atoms with Crippen LogP contribution >= 0.6 is 27.7 Å². The molecule has 4 aromatic rings. The van der Waals surface area contributed by atoms with Gasteiger partial charge in [-0.05, 0) is 51.8 Å². The number of ether oxygens (including phenoxy) is 1. The lowest BCUT2D eigenvalue weighted by molar-refractivity contribution is 0.306. The van der Waals surface area contributed by atoms with Gasteiger partial charge in [-0.1, -0.05) is 60.3 Å². The van der Waals surface area contributed by atoms with Gasteiger partial charge >= 0.3 is 0 Å². The minimum absolute atomic E-state index is 0.569. The van der Waals surface area contributed by atoms with E-state index >= 15 is 0 Å². The van der Waals surface area contributed by atoms with Gasteiger partial charge in [0, 0.05) is 15.8 Å². The average Bonchev–Trinajstić information content (AvgIpc) is 2.97. The second kappa shape index (κ2) is 7.38. The summed E-state index contributed by atoms with van der Waals surface area (Å²) >= 11 is 5.39. The summed E-state index contributed by atoms with van der Waals surface area (Å²) in [5, 5.41) is 1.16. The molecule has 0 radical (unpaired) electrons. The zero-order chi connectivity index (χ0) is 17.1. The fourth-order valence-corrected chi connectivity index (χ4v) is 4.27. The number of rotatable bonds is 5. The Bertz CT molecular complexity index is 983. The highest BCUT2D eigenvalue weighted by Gasteiger charge is 2.12. The third kappa shape index (κ3) is 3.75. The van der Waals surface area contributed by atoms with Crippen molar-refractivity contribution in [2.75, 3.05) is 0 Å². The monoisotopic (exact) mass is 409 g/mol. The van der Waals surface area contributed by atoms with Gasteiger partial charge in [0.15, 0.2) is 0 Å². The molecule has 0 aliphatic carbocycles. The second-order valence-electron chi connectivity index (χ2n) is 5.66. The second-order valence-corrected chi connectivity index (χ2v) is 7.54. The molecule has 0 saturated carbocycles. The van der Waals surface area contributed by atoms with Crippen molar-refractivity contribution in [1.82, 2.24) is 4.98 Å². The largest absolute Gasteiger partial charge is 0.489 e. The van der Waals surface area contributed by atoms with Gasteiger partial charge in [0.1, 0.15) is 12.4 Å². The van der Waals surface area contributed by atoms with Crippen LogP contribution in [0.25, 0.3) is 10.9 Å². The Morgan fingerprint density at radius 3 is 2.36 bits per heavy atom. The fraction of sp³-hybridized carbons (Fsp3) is 0.0476. The third-order valence-electron chi connectivity index (χ3n) is 3.89. The van der Waals surface area contributed by atoms with Gasteiger partial charge in [0.25, 0.3) is 0 Å². The molecule has 0 unspecified atom stereocenters. The summed E-state index contributed by atoms with van der Waals surface area (Å²) in [6, 6.07) is 26.8. The van der Waals surface area contributed by atoms with Crippen LogP contribution in [0.3, 0.4) is 0 Å². The summed E-state index contributed by atoms with van der Waals surface area (Å²) in [5.41, 5.74) is 2.26. The van der Waals surface area contributed by atoms with Crippen molar-refractivity contribution in [2.24, 2.45) is 0 Å². The molecule has 0 bridgehead atoms. The quantitative estimate of drug-likeness (QED) is 0.398. The molecule has 1 aromatic heterocycles. The summed E-state index contributed by atoms with van der Waals surface area (Å²) < 4.78 is 6.97. The predicted octanol–water partition coefficient (Wildman–Crippen LogP) is 6.66. The number of aromatic nitrogens is 1. The molecule has 124 valence electrons. The lowest BCUT2D eigenvalue weighted by atomic mass is 10.2. The van der Waals surface area contributed by atoms with E-state index in [0.29, 0.717) is 6.61 Å². The summed E-state index contributed by atoms with van der Waals surface area (Å²) in [7, 11) is 0. The molecule has 1 heterocycles. The molecule has 4 heteroatoms. The molecule has 2 nitrogen and oxygen atoms in total. The number of aromatic amines is 1. The van der Waals surface area contributed by atoms with E-state index in [2.05, 4.69) is 69.4 Å². The zero-order valence-electron chi connectivity index (χ0n) is 13.4. The normalized spacial score (nSPS) is 10.9. The standard InChI is InChI=1S/C21H16BrNOS/c22-21-20(25-17-9-5-2-6-10-17)18-13-16(11-12-19(18)23-21)24-14-15-7-3-1-4-8-15/h1-13,23H,14H2. The number of hydrogen-bond donors (Lipinski definition) is 1. The molecule has 0 spiro atoms. The minimum atomic E-state index is 0.569. The van der Waals surface area contributed by atoms with Crippen molar-refractivity contribution in [3.05, 3.63) is 89.0 Å². The van der Waals surface area contributed by atoms with Gasteiger partial charge in [0.05, 0.1) is 9.50 Å². The lowest BCUT2D eigenvalue weighted by Crippen LogP contribution is -1.94. The maximum atomic E-state index is 5.98. The topological polar surface area (TPSA) is 25.0 Å². The van der Waals surface area contributed by atoms with Crippen molar-refractivity contribution in [3.8, 4) is 5.75 Å². The zero-order valence-corrected chi connectivity index (χ0v) is 15.8. The summed E-state index contributed by atoms with van der Waals surface area (Å²) in [5.74, 6) is 0.873. The molecule has 0 aliphatic rings. The van der Waals surface area contributed by atoms with Crippen molar-refractivity contribution in [1.29, 1.82) is 0 Å². The Kier molecular flexibility index (Phi) is 4.81. The molecule has 1 N–H and O–H groups in total. The van der Waals surface area contributed by atoms with Crippen molar-refractivity contribution < 1.29 is 4.74 Å². The molecule has 0 fully saturated rings. The molecule has 0 atom stereocenters. The smallest absolute Gasteiger partial charge is 0.120 e. The van der Waals surface area contributed by atoms with Crippen LogP contribution in [0, 0.1) is 0 Å². The number of halogens is 1. The van der Waals surface area contributed by atoms with Crippen LogP contribution in [0.2, 0.25) is 0 Å². The van der Waals surface area contributed by atoms with Crippen LogP contribution in [-0.2, 0) is 6.61 Å². The molecular weight excluding hydrogens is 394 g/mol. The van der Waals surface area contributed by atoms with Crippen LogP contribution in [0.1, 0.15) is 5.56 Å². The lowest BCUT2D eigenvalue weighted by Gasteiger charge is -2.07. The van der Waals surface area contributed by atoms with Crippen molar-refractivity contribution in [3.63, 3.8) is 0 Å². The van der Waals surface area contributed by atoms with E-state index < -0.39 is 0 Å². The van der Waals surface area contributed by atoms with Crippen LogP contribution in [0.4, 0.5) is 0 Å². The van der Waals surface area contributed by atoms with Gasteiger partial charge in [-0.25, -0.2) is 0 Å². The minimum Gasteiger partial charge on any atom is -0.489 e. The molecule has 0 amide bonds. The highest BCUT2D eigenvalue weighted by Crippen LogP contribution is 2.40. The first kappa shape index (κ1) is 16.3. The fourth-order valence-electron chi connectivity index (χ4n) is 2.65. The Morgan fingerprint density at radius 2 is 1.60 bits per heavy atom. The SMILES string of the molecule is Brc1[nH]c2ccc(OCc3ccccc3)cc2c1Sc1ccccc1. The Hall–Kier alpha value is -2.17.